The Kier molecular flexibility index (Phi) is 4.22. The fraction of sp³-hybridized carbons (Fsp3) is 0.846. The van der Waals surface area contributed by atoms with E-state index in [0.29, 0.717) is 19.4 Å². The third-order valence-corrected chi connectivity index (χ3v) is 4.21. The normalized spacial score (nSPS) is 23.1. The van der Waals surface area contributed by atoms with Crippen LogP contribution >= 0.6 is 0 Å². The van der Waals surface area contributed by atoms with Gasteiger partial charge in [-0.25, -0.2) is 0 Å². The Morgan fingerprint density at radius 3 is 2.28 bits per heavy atom. The van der Waals surface area contributed by atoms with Crippen LogP contribution in [0.4, 0.5) is 0 Å². The molecule has 0 spiro atoms. The van der Waals surface area contributed by atoms with Crippen LogP contribution < -0.4 is 5.32 Å². The molecule has 2 aliphatic rings. The van der Waals surface area contributed by atoms with E-state index in [4.69, 9.17) is 5.11 Å². The molecule has 1 amide bonds. The maximum Gasteiger partial charge on any atom is 0.319 e. The van der Waals surface area contributed by atoms with Crippen LogP contribution in [0.15, 0.2) is 0 Å². The molecule has 5 heteroatoms. The summed E-state index contributed by atoms with van der Waals surface area (Å²) < 4.78 is 0. The van der Waals surface area contributed by atoms with Gasteiger partial charge in [0.05, 0.1) is 0 Å². The Morgan fingerprint density at radius 2 is 1.78 bits per heavy atom. The van der Waals surface area contributed by atoms with Crippen molar-refractivity contribution < 1.29 is 14.7 Å². The van der Waals surface area contributed by atoms with E-state index in [0.717, 1.165) is 26.1 Å². The number of piperidine rings is 1. The predicted octanol–water partition coefficient (Wildman–Crippen LogP) is 0.843. The topological polar surface area (TPSA) is 69.6 Å². The minimum Gasteiger partial charge on any atom is -0.480 e. The first-order valence-electron chi connectivity index (χ1n) is 6.89. The zero-order valence-electron chi connectivity index (χ0n) is 10.8. The van der Waals surface area contributed by atoms with Gasteiger partial charge in [-0.15, -0.1) is 0 Å². The van der Waals surface area contributed by atoms with Crippen molar-refractivity contribution in [3.05, 3.63) is 0 Å². The minimum atomic E-state index is -1.12. The Hall–Kier alpha value is -1.10. The zero-order chi connectivity index (χ0) is 13.0. The number of hydrogen-bond acceptors (Lipinski definition) is 3. The average Bonchev–Trinajstić information content (AvgIpc) is 2.28. The molecule has 1 saturated carbocycles. The van der Waals surface area contributed by atoms with Crippen LogP contribution in [-0.4, -0.2) is 48.1 Å². The molecule has 1 aliphatic heterocycles. The van der Waals surface area contributed by atoms with E-state index < -0.39 is 11.4 Å². The summed E-state index contributed by atoms with van der Waals surface area (Å²) >= 11 is 0. The first-order valence-corrected chi connectivity index (χ1v) is 6.89. The van der Waals surface area contributed by atoms with Crippen molar-refractivity contribution in [1.29, 1.82) is 0 Å². The van der Waals surface area contributed by atoms with Gasteiger partial charge in [-0.1, -0.05) is 12.8 Å². The smallest absolute Gasteiger partial charge is 0.319 e. The number of hydrogen-bond donors (Lipinski definition) is 2. The van der Waals surface area contributed by atoms with Gasteiger partial charge in [-0.05, 0) is 38.8 Å². The summed E-state index contributed by atoms with van der Waals surface area (Å²) in [6.07, 6.45) is 5.56. The van der Waals surface area contributed by atoms with E-state index in [1.54, 1.807) is 0 Å². The van der Waals surface area contributed by atoms with E-state index in [-0.39, 0.29) is 5.91 Å². The number of carboxylic acids is 1. The maximum atomic E-state index is 11.9. The van der Waals surface area contributed by atoms with Crippen LogP contribution in [0.3, 0.4) is 0 Å². The fourth-order valence-electron chi connectivity index (χ4n) is 2.75. The van der Waals surface area contributed by atoms with Gasteiger partial charge in [0.25, 0.3) is 0 Å². The highest BCUT2D eigenvalue weighted by Gasteiger charge is 2.50. The van der Waals surface area contributed by atoms with E-state index >= 15 is 0 Å². The highest BCUT2D eigenvalue weighted by atomic mass is 16.4. The molecule has 0 bridgehead atoms. The number of carbonyl (C=O) groups is 2. The largest absolute Gasteiger partial charge is 0.480 e. The Bertz CT molecular complexity index is 320. The summed E-state index contributed by atoms with van der Waals surface area (Å²) in [7, 11) is 0. The highest BCUT2D eigenvalue weighted by Crippen LogP contribution is 2.41. The molecule has 0 aromatic rings. The Labute approximate surface area is 108 Å². The van der Waals surface area contributed by atoms with Crippen LogP contribution in [0.1, 0.15) is 38.5 Å². The van der Waals surface area contributed by atoms with Gasteiger partial charge in [-0.2, -0.15) is 0 Å². The number of likely N-dealkylation sites (tertiary alicyclic amines) is 1. The monoisotopic (exact) mass is 254 g/mol. The first kappa shape index (κ1) is 13.3. The van der Waals surface area contributed by atoms with Gasteiger partial charge in [0.2, 0.25) is 5.91 Å². The second-order valence-electron chi connectivity index (χ2n) is 5.40. The number of aliphatic carboxylic acids is 1. The standard InChI is InChI=1S/C13H22N2O3/c16-11(13(12(17)18)5-4-6-13)14-7-10-15-8-2-1-3-9-15/h1-10H2,(H,14,16)(H,17,18). The summed E-state index contributed by atoms with van der Waals surface area (Å²) in [5, 5.41) is 11.9. The molecule has 18 heavy (non-hydrogen) atoms. The zero-order valence-corrected chi connectivity index (χ0v) is 10.8. The molecule has 2 fully saturated rings. The predicted molar refractivity (Wildman–Crippen MR) is 67.2 cm³/mol. The molecule has 0 unspecified atom stereocenters. The van der Waals surface area contributed by atoms with Gasteiger partial charge < -0.3 is 15.3 Å². The summed E-state index contributed by atoms with van der Waals surface area (Å²) in [4.78, 5) is 25.4. The lowest BCUT2D eigenvalue weighted by Crippen LogP contribution is -2.52. The lowest BCUT2D eigenvalue weighted by atomic mass is 9.68. The molecule has 5 nitrogen and oxygen atoms in total. The van der Waals surface area contributed by atoms with Crippen LogP contribution in [0.2, 0.25) is 0 Å². The SMILES string of the molecule is O=C(O)C1(C(=O)NCCN2CCCCC2)CCC1. The highest BCUT2D eigenvalue weighted by molar-refractivity contribution is 6.02. The fourth-order valence-corrected chi connectivity index (χ4v) is 2.75. The van der Waals surface area contributed by atoms with E-state index in [2.05, 4.69) is 10.2 Å². The third kappa shape index (κ3) is 2.66. The van der Waals surface area contributed by atoms with Gasteiger partial charge in [-0.3, -0.25) is 9.59 Å². The Balaban J connectivity index is 1.72. The molecule has 0 radical (unpaired) electrons. The second kappa shape index (κ2) is 5.69. The molecule has 0 atom stereocenters. The van der Waals surface area contributed by atoms with Crippen LogP contribution in [0.5, 0.6) is 0 Å². The number of nitrogens with zero attached hydrogens (tertiary/aromatic N) is 1. The maximum absolute atomic E-state index is 11.9. The third-order valence-electron chi connectivity index (χ3n) is 4.21. The molecular formula is C13H22N2O3. The van der Waals surface area contributed by atoms with Crippen molar-refractivity contribution in [1.82, 2.24) is 10.2 Å². The quantitative estimate of drug-likeness (QED) is 0.713. The number of carboxylic acid groups (broad SMARTS) is 1. The number of rotatable bonds is 5. The van der Waals surface area contributed by atoms with E-state index in [1.165, 1.54) is 19.3 Å². The molecule has 2 N–H and O–H groups in total. The van der Waals surface area contributed by atoms with Crippen molar-refractivity contribution in [2.24, 2.45) is 5.41 Å². The van der Waals surface area contributed by atoms with Crippen molar-refractivity contribution >= 4 is 11.9 Å². The Morgan fingerprint density at radius 1 is 1.11 bits per heavy atom. The molecule has 1 heterocycles. The summed E-state index contributed by atoms with van der Waals surface area (Å²) in [6, 6.07) is 0. The van der Waals surface area contributed by atoms with Crippen LogP contribution in [0.25, 0.3) is 0 Å². The molecule has 102 valence electrons. The van der Waals surface area contributed by atoms with Gasteiger partial charge in [0.1, 0.15) is 5.41 Å². The van der Waals surface area contributed by atoms with Crippen molar-refractivity contribution in [3.8, 4) is 0 Å². The molecular weight excluding hydrogens is 232 g/mol. The lowest BCUT2D eigenvalue weighted by molar-refractivity contribution is -0.162. The van der Waals surface area contributed by atoms with Gasteiger partial charge in [0.15, 0.2) is 0 Å². The molecule has 0 aromatic carbocycles. The van der Waals surface area contributed by atoms with Crippen LogP contribution in [0, 0.1) is 5.41 Å². The number of amides is 1. The number of carbonyl (C=O) groups excluding carboxylic acids is 1. The summed E-state index contributed by atoms with van der Waals surface area (Å²) in [5.74, 6) is -1.26. The van der Waals surface area contributed by atoms with Gasteiger partial charge in [0, 0.05) is 13.1 Å². The molecule has 2 rings (SSSR count). The average molecular weight is 254 g/mol. The molecule has 0 aromatic heterocycles. The van der Waals surface area contributed by atoms with Crippen molar-refractivity contribution in [3.63, 3.8) is 0 Å². The second-order valence-corrected chi connectivity index (χ2v) is 5.40. The van der Waals surface area contributed by atoms with Crippen molar-refractivity contribution in [2.45, 2.75) is 38.5 Å². The van der Waals surface area contributed by atoms with Gasteiger partial charge >= 0.3 is 5.97 Å². The first-order chi connectivity index (χ1) is 8.65. The lowest BCUT2D eigenvalue weighted by Gasteiger charge is -2.36. The molecule has 1 aliphatic carbocycles. The summed E-state index contributed by atoms with van der Waals surface area (Å²) in [5.41, 5.74) is -1.12. The number of nitrogens with one attached hydrogen (secondary N) is 1. The van der Waals surface area contributed by atoms with E-state index in [1.807, 2.05) is 0 Å². The summed E-state index contributed by atoms with van der Waals surface area (Å²) in [6.45, 7) is 3.59. The molecule has 1 saturated heterocycles. The van der Waals surface area contributed by atoms with Crippen LogP contribution in [-0.2, 0) is 9.59 Å². The van der Waals surface area contributed by atoms with Crippen molar-refractivity contribution in [2.75, 3.05) is 26.2 Å². The minimum absolute atomic E-state index is 0.293. The van der Waals surface area contributed by atoms with E-state index in [9.17, 15) is 9.59 Å².